The Morgan fingerprint density at radius 1 is 1.15 bits per heavy atom. The molecule has 1 N–H and O–H groups in total. The highest BCUT2D eigenvalue weighted by Gasteiger charge is 2.22. The number of nitrogens with zero attached hydrogens (tertiary/aromatic N) is 1. The fourth-order valence-electron chi connectivity index (χ4n) is 2.02. The topological polar surface area (TPSA) is 34.1 Å². The lowest BCUT2D eigenvalue weighted by atomic mass is 9.82. The van der Waals surface area contributed by atoms with Gasteiger partial charge in [-0.2, -0.15) is 0 Å². The standard InChI is InChI=1S/C17H30N2O/c1-13(2)20-15-10-14(11-18-12-15)17(6,7)8-9-19-16(3,4)5/h10-13,19H,8-9H2,1-7H3. The summed E-state index contributed by atoms with van der Waals surface area (Å²) >= 11 is 0. The zero-order valence-electron chi connectivity index (χ0n) is 14.1. The first-order chi connectivity index (χ1) is 9.10. The first-order valence-corrected chi connectivity index (χ1v) is 7.47. The SMILES string of the molecule is CC(C)Oc1cncc(C(C)(C)CCNC(C)(C)C)c1. The zero-order valence-corrected chi connectivity index (χ0v) is 14.1. The lowest BCUT2D eigenvalue weighted by Crippen LogP contribution is -2.38. The average Bonchev–Trinajstić information content (AvgIpc) is 2.26. The smallest absolute Gasteiger partial charge is 0.138 e. The van der Waals surface area contributed by atoms with Gasteiger partial charge in [-0.15, -0.1) is 0 Å². The van der Waals surface area contributed by atoms with Gasteiger partial charge in [-0.25, -0.2) is 0 Å². The van der Waals surface area contributed by atoms with Gasteiger partial charge in [0, 0.05) is 11.7 Å². The second kappa shape index (κ2) is 6.57. The number of nitrogens with one attached hydrogen (secondary N) is 1. The quantitative estimate of drug-likeness (QED) is 0.856. The highest BCUT2D eigenvalue weighted by Crippen LogP contribution is 2.28. The molecule has 20 heavy (non-hydrogen) atoms. The Hall–Kier alpha value is -1.09. The van der Waals surface area contributed by atoms with Crippen LogP contribution in [0.3, 0.4) is 0 Å². The summed E-state index contributed by atoms with van der Waals surface area (Å²) in [7, 11) is 0. The molecule has 0 aliphatic carbocycles. The molecule has 0 atom stereocenters. The Bertz CT molecular complexity index is 419. The minimum absolute atomic E-state index is 0.0849. The highest BCUT2D eigenvalue weighted by molar-refractivity contribution is 5.29. The number of aromatic nitrogens is 1. The van der Waals surface area contributed by atoms with Crippen LogP contribution in [-0.4, -0.2) is 23.2 Å². The summed E-state index contributed by atoms with van der Waals surface area (Å²) < 4.78 is 5.73. The van der Waals surface area contributed by atoms with Crippen LogP contribution in [0.25, 0.3) is 0 Å². The van der Waals surface area contributed by atoms with E-state index in [2.05, 4.69) is 51.0 Å². The van der Waals surface area contributed by atoms with Crippen LogP contribution in [0.5, 0.6) is 5.75 Å². The molecule has 0 spiro atoms. The first-order valence-electron chi connectivity index (χ1n) is 7.47. The van der Waals surface area contributed by atoms with Crippen molar-refractivity contribution in [3.8, 4) is 5.75 Å². The maximum absolute atomic E-state index is 5.73. The van der Waals surface area contributed by atoms with Crippen LogP contribution in [0.4, 0.5) is 0 Å². The molecular formula is C17H30N2O. The molecule has 0 saturated heterocycles. The summed E-state index contributed by atoms with van der Waals surface area (Å²) in [5, 5.41) is 3.54. The van der Waals surface area contributed by atoms with Gasteiger partial charge in [0.05, 0.1) is 12.3 Å². The molecule has 1 heterocycles. The van der Waals surface area contributed by atoms with Crippen molar-refractivity contribution in [2.45, 2.75) is 71.9 Å². The summed E-state index contributed by atoms with van der Waals surface area (Å²) in [5.41, 5.74) is 1.48. The molecule has 114 valence electrons. The van der Waals surface area contributed by atoms with Crippen molar-refractivity contribution in [1.29, 1.82) is 0 Å². The maximum Gasteiger partial charge on any atom is 0.138 e. The van der Waals surface area contributed by atoms with Gasteiger partial charge in [-0.1, -0.05) is 13.8 Å². The van der Waals surface area contributed by atoms with Crippen molar-refractivity contribution in [3.05, 3.63) is 24.0 Å². The second-order valence-corrected chi connectivity index (χ2v) is 7.39. The van der Waals surface area contributed by atoms with Crippen LogP contribution in [-0.2, 0) is 5.41 Å². The van der Waals surface area contributed by atoms with E-state index in [9.17, 15) is 0 Å². The van der Waals surface area contributed by atoms with Crippen molar-refractivity contribution in [2.24, 2.45) is 0 Å². The normalized spacial score (nSPS) is 12.8. The first kappa shape index (κ1) is 17.0. The van der Waals surface area contributed by atoms with Gasteiger partial charge < -0.3 is 10.1 Å². The molecule has 3 heteroatoms. The lowest BCUT2D eigenvalue weighted by molar-refractivity contribution is 0.240. The van der Waals surface area contributed by atoms with Crippen molar-refractivity contribution >= 4 is 0 Å². The molecule has 0 saturated carbocycles. The number of hydrogen-bond acceptors (Lipinski definition) is 3. The molecule has 1 aromatic heterocycles. The summed E-state index contributed by atoms with van der Waals surface area (Å²) in [6, 6.07) is 2.12. The third-order valence-electron chi connectivity index (χ3n) is 3.27. The van der Waals surface area contributed by atoms with Crippen LogP contribution >= 0.6 is 0 Å². The van der Waals surface area contributed by atoms with Gasteiger partial charge in [-0.3, -0.25) is 4.98 Å². The predicted octanol–water partition coefficient (Wildman–Crippen LogP) is 3.92. The molecular weight excluding hydrogens is 248 g/mol. The Morgan fingerprint density at radius 2 is 1.80 bits per heavy atom. The van der Waals surface area contributed by atoms with Crippen LogP contribution in [0, 0.1) is 0 Å². The largest absolute Gasteiger partial charge is 0.489 e. The fraction of sp³-hybridized carbons (Fsp3) is 0.706. The van der Waals surface area contributed by atoms with E-state index in [1.165, 1.54) is 5.56 Å². The van der Waals surface area contributed by atoms with Gasteiger partial charge in [0.1, 0.15) is 5.75 Å². The molecule has 1 rings (SSSR count). The Labute approximate surface area is 124 Å². The molecule has 0 aliphatic rings. The molecule has 1 aromatic rings. The molecule has 0 amide bonds. The van der Waals surface area contributed by atoms with E-state index < -0.39 is 0 Å². The Morgan fingerprint density at radius 3 is 2.35 bits per heavy atom. The third kappa shape index (κ3) is 5.91. The molecule has 0 aromatic carbocycles. The van der Waals surface area contributed by atoms with E-state index in [-0.39, 0.29) is 17.1 Å². The van der Waals surface area contributed by atoms with Crippen molar-refractivity contribution in [3.63, 3.8) is 0 Å². The minimum atomic E-state index is 0.0849. The number of rotatable bonds is 6. The average molecular weight is 278 g/mol. The van der Waals surface area contributed by atoms with E-state index >= 15 is 0 Å². The van der Waals surface area contributed by atoms with Crippen molar-refractivity contribution < 1.29 is 4.74 Å². The van der Waals surface area contributed by atoms with Crippen LogP contribution in [0.1, 0.15) is 60.5 Å². The van der Waals surface area contributed by atoms with Crippen molar-refractivity contribution in [1.82, 2.24) is 10.3 Å². The molecule has 3 nitrogen and oxygen atoms in total. The summed E-state index contributed by atoms with van der Waals surface area (Å²) in [5.74, 6) is 0.856. The summed E-state index contributed by atoms with van der Waals surface area (Å²) in [6.07, 6.45) is 4.98. The van der Waals surface area contributed by atoms with E-state index in [4.69, 9.17) is 4.74 Å². The fourth-order valence-corrected chi connectivity index (χ4v) is 2.02. The Kier molecular flexibility index (Phi) is 5.58. The van der Waals surface area contributed by atoms with E-state index in [1.54, 1.807) is 6.20 Å². The third-order valence-corrected chi connectivity index (χ3v) is 3.27. The second-order valence-electron chi connectivity index (χ2n) is 7.39. The van der Waals surface area contributed by atoms with Gasteiger partial charge in [0.15, 0.2) is 0 Å². The number of hydrogen-bond donors (Lipinski definition) is 1. The van der Waals surface area contributed by atoms with Gasteiger partial charge in [0.2, 0.25) is 0 Å². The molecule has 0 bridgehead atoms. The molecule has 0 aliphatic heterocycles. The van der Waals surface area contributed by atoms with Gasteiger partial charge in [0.25, 0.3) is 0 Å². The van der Waals surface area contributed by atoms with Crippen LogP contribution in [0.2, 0.25) is 0 Å². The number of ether oxygens (including phenoxy) is 1. The van der Waals surface area contributed by atoms with E-state index in [1.807, 2.05) is 20.0 Å². The van der Waals surface area contributed by atoms with Crippen molar-refractivity contribution in [2.75, 3.05) is 6.54 Å². The van der Waals surface area contributed by atoms with Crippen LogP contribution in [0.15, 0.2) is 18.5 Å². The van der Waals surface area contributed by atoms with Gasteiger partial charge in [-0.05, 0) is 64.6 Å². The number of pyridine rings is 1. The maximum atomic E-state index is 5.73. The molecule has 0 fully saturated rings. The predicted molar refractivity (Wildman–Crippen MR) is 85.4 cm³/mol. The summed E-state index contributed by atoms with van der Waals surface area (Å²) in [4.78, 5) is 4.32. The van der Waals surface area contributed by atoms with E-state index in [0.29, 0.717) is 0 Å². The highest BCUT2D eigenvalue weighted by atomic mass is 16.5. The minimum Gasteiger partial charge on any atom is -0.489 e. The van der Waals surface area contributed by atoms with Crippen LogP contribution < -0.4 is 10.1 Å². The lowest BCUT2D eigenvalue weighted by Gasteiger charge is -2.28. The van der Waals surface area contributed by atoms with Gasteiger partial charge >= 0.3 is 0 Å². The Balaban J connectivity index is 2.71. The zero-order chi connectivity index (χ0) is 15.4. The molecule has 0 radical (unpaired) electrons. The molecule has 0 unspecified atom stereocenters. The van der Waals surface area contributed by atoms with E-state index in [0.717, 1.165) is 18.7 Å². The monoisotopic (exact) mass is 278 g/mol. The summed E-state index contributed by atoms with van der Waals surface area (Å²) in [6.45, 7) is 16.2.